The molecule has 0 amide bonds. The second kappa shape index (κ2) is 8.01. The zero-order valence-corrected chi connectivity index (χ0v) is 19.6. The number of hydrogen-bond donors (Lipinski definition) is 2. The van der Waals surface area contributed by atoms with E-state index in [2.05, 4.69) is 0 Å². The SMILES string of the molecule is CC[O][Zr]([OH])([OH])[O][Si](OC(C)(C)C)(OC(C)(C)C)OC(C)(C)C. The zero-order chi connectivity index (χ0) is 18.7. The van der Waals surface area contributed by atoms with Crippen molar-refractivity contribution in [3.63, 3.8) is 0 Å². The summed E-state index contributed by atoms with van der Waals surface area (Å²) >= 11 is -5.26. The summed E-state index contributed by atoms with van der Waals surface area (Å²) in [5.74, 6) is 0. The molecule has 9 heteroatoms. The monoisotopic (exact) mass is 432 g/mol. The van der Waals surface area contributed by atoms with E-state index in [1.54, 1.807) is 6.92 Å². The Balaban J connectivity index is 5.81. The van der Waals surface area contributed by atoms with Crippen LogP contribution in [0, 0.1) is 0 Å². The molecule has 0 atom stereocenters. The molecule has 0 aliphatic rings. The van der Waals surface area contributed by atoms with Crippen molar-refractivity contribution >= 4 is 9.05 Å². The molecule has 23 heavy (non-hydrogen) atoms. The van der Waals surface area contributed by atoms with Crippen LogP contribution in [0.5, 0.6) is 0 Å². The van der Waals surface area contributed by atoms with Crippen LogP contribution in [0.1, 0.15) is 69.2 Å². The summed E-state index contributed by atoms with van der Waals surface area (Å²) in [6.07, 6.45) is 0. The van der Waals surface area contributed by atoms with Gasteiger partial charge in [-0.25, -0.2) is 0 Å². The van der Waals surface area contributed by atoms with Gasteiger partial charge in [0, 0.05) is 0 Å². The van der Waals surface area contributed by atoms with E-state index in [-0.39, 0.29) is 6.61 Å². The predicted octanol–water partition coefficient (Wildman–Crippen LogP) is 2.72. The summed E-state index contributed by atoms with van der Waals surface area (Å²) in [4.78, 5) is 0. The van der Waals surface area contributed by atoms with Crippen LogP contribution in [0.15, 0.2) is 0 Å². The van der Waals surface area contributed by atoms with Crippen molar-refractivity contribution in [3.05, 3.63) is 0 Å². The third-order valence-electron chi connectivity index (χ3n) is 1.88. The zero-order valence-electron chi connectivity index (χ0n) is 16.1. The fourth-order valence-corrected chi connectivity index (χ4v) is 9.20. The predicted molar refractivity (Wildman–Crippen MR) is 85.4 cm³/mol. The van der Waals surface area contributed by atoms with Crippen LogP contribution in [0.25, 0.3) is 0 Å². The Labute approximate surface area is 148 Å². The molecular weight excluding hydrogens is 399 g/mol. The first-order valence-corrected chi connectivity index (χ1v) is 13.6. The summed E-state index contributed by atoms with van der Waals surface area (Å²) in [5, 5.41) is 0. The quantitative estimate of drug-likeness (QED) is 0.597. The molecule has 0 aromatic heterocycles. The van der Waals surface area contributed by atoms with Gasteiger partial charge in [-0.2, -0.15) is 0 Å². The minimum absolute atomic E-state index is 0.119. The van der Waals surface area contributed by atoms with Crippen molar-refractivity contribution in [3.8, 4) is 0 Å². The van der Waals surface area contributed by atoms with E-state index in [4.69, 9.17) is 18.6 Å². The Morgan fingerprint density at radius 3 is 1.26 bits per heavy atom. The van der Waals surface area contributed by atoms with E-state index in [0.717, 1.165) is 0 Å². The van der Waals surface area contributed by atoms with Gasteiger partial charge in [0.25, 0.3) is 0 Å². The van der Waals surface area contributed by atoms with Gasteiger partial charge in [0.15, 0.2) is 0 Å². The third kappa shape index (κ3) is 11.9. The van der Waals surface area contributed by atoms with Gasteiger partial charge in [-0.1, -0.05) is 0 Å². The summed E-state index contributed by atoms with van der Waals surface area (Å²) in [7, 11) is -3.91. The summed E-state index contributed by atoms with van der Waals surface area (Å²) < 4.78 is 48.9. The maximum absolute atomic E-state index is 10.2. The third-order valence-corrected chi connectivity index (χ3v) is 10.4. The number of hydrogen-bond acceptors (Lipinski definition) is 7. The van der Waals surface area contributed by atoms with Crippen LogP contribution in [0.2, 0.25) is 0 Å². The average Bonchev–Trinajstić information content (AvgIpc) is 2.03. The molecule has 0 saturated carbocycles. The average molecular weight is 434 g/mol. The van der Waals surface area contributed by atoms with Crippen LogP contribution >= 0.6 is 0 Å². The van der Waals surface area contributed by atoms with Gasteiger partial charge >= 0.3 is 149 Å². The molecule has 0 saturated heterocycles. The molecule has 2 N–H and O–H groups in total. The van der Waals surface area contributed by atoms with Crippen molar-refractivity contribution in [2.45, 2.75) is 86.0 Å². The molecule has 0 rings (SSSR count). The van der Waals surface area contributed by atoms with Crippen LogP contribution in [0.4, 0.5) is 0 Å². The van der Waals surface area contributed by atoms with E-state index in [0.29, 0.717) is 0 Å². The van der Waals surface area contributed by atoms with Gasteiger partial charge in [0.2, 0.25) is 0 Å². The number of rotatable bonds is 7. The Kier molecular flexibility index (Phi) is 8.30. The standard InChI is InChI=1S/C12H27O4Si.C2H5O.2H2O.Zr/c1-10(2,3)14-17(13,15-11(4,5)6)16-12(7,8)9;1-2-3;;;/h1-9H3;2H2,1H3;2*1H2;/q2*-1;;;+4/p-2. The van der Waals surface area contributed by atoms with Crippen molar-refractivity contribution in [2.75, 3.05) is 6.61 Å². The molecule has 7 nitrogen and oxygen atoms in total. The van der Waals surface area contributed by atoms with Crippen molar-refractivity contribution in [1.29, 1.82) is 0 Å². The van der Waals surface area contributed by atoms with Gasteiger partial charge < -0.3 is 0 Å². The van der Waals surface area contributed by atoms with Crippen molar-refractivity contribution < 1.29 is 47.0 Å². The summed E-state index contributed by atoms with van der Waals surface area (Å²) in [6.45, 7) is 18.2. The molecule has 0 spiro atoms. The Bertz CT molecular complexity index is 328. The maximum atomic E-state index is 10.2. The van der Waals surface area contributed by atoms with Crippen molar-refractivity contribution in [2.24, 2.45) is 0 Å². The molecular formula is C14H34O7SiZr. The van der Waals surface area contributed by atoms with Crippen LogP contribution in [0.3, 0.4) is 0 Å². The molecule has 0 aromatic rings. The topological polar surface area (TPSA) is 86.6 Å². The van der Waals surface area contributed by atoms with Gasteiger partial charge in [-0.15, -0.1) is 0 Å². The van der Waals surface area contributed by atoms with E-state index in [1.165, 1.54) is 0 Å². The van der Waals surface area contributed by atoms with E-state index in [9.17, 15) is 6.37 Å². The molecule has 0 aliphatic heterocycles. The molecule has 140 valence electrons. The first kappa shape index (κ1) is 23.8. The van der Waals surface area contributed by atoms with Crippen molar-refractivity contribution in [1.82, 2.24) is 0 Å². The van der Waals surface area contributed by atoms with Gasteiger partial charge in [-0.3, -0.25) is 0 Å². The van der Waals surface area contributed by atoms with Crippen LogP contribution < -0.4 is 0 Å². The first-order valence-electron chi connectivity index (χ1n) is 7.78. The fourth-order valence-electron chi connectivity index (χ4n) is 1.63. The molecule has 0 radical (unpaired) electrons. The van der Waals surface area contributed by atoms with E-state index >= 15 is 0 Å². The van der Waals surface area contributed by atoms with Crippen LogP contribution in [-0.2, 0) is 40.6 Å². The Morgan fingerprint density at radius 2 is 1.04 bits per heavy atom. The van der Waals surface area contributed by atoms with Crippen LogP contribution in [-0.4, -0.2) is 38.8 Å². The molecule has 0 aliphatic carbocycles. The van der Waals surface area contributed by atoms with Gasteiger partial charge in [0.1, 0.15) is 0 Å². The molecule has 0 bridgehead atoms. The summed E-state index contributed by atoms with van der Waals surface area (Å²) in [6, 6.07) is 0. The Hall–Kier alpha value is 0.820. The molecule has 0 unspecified atom stereocenters. The van der Waals surface area contributed by atoms with Gasteiger partial charge in [0.05, 0.1) is 0 Å². The molecule has 0 aromatic carbocycles. The second-order valence-corrected chi connectivity index (χ2v) is 15.0. The van der Waals surface area contributed by atoms with Gasteiger partial charge in [-0.05, 0) is 0 Å². The molecule has 0 heterocycles. The molecule has 0 fully saturated rings. The van der Waals surface area contributed by atoms with E-state index in [1.807, 2.05) is 62.3 Å². The summed E-state index contributed by atoms with van der Waals surface area (Å²) in [5.41, 5.74) is -2.01. The van der Waals surface area contributed by atoms with E-state index < -0.39 is 47.9 Å². The normalized spacial score (nSPS) is 15.1. The fraction of sp³-hybridized carbons (Fsp3) is 1.00. The first-order chi connectivity index (χ1) is 9.89. The Morgan fingerprint density at radius 1 is 0.739 bits per heavy atom. The second-order valence-electron chi connectivity index (χ2n) is 8.23. The minimum atomic E-state index is -5.26.